The van der Waals surface area contributed by atoms with Gasteiger partial charge in [0.05, 0.1) is 5.60 Å². The third kappa shape index (κ3) is 0.598. The van der Waals surface area contributed by atoms with Gasteiger partial charge in [0.25, 0.3) is 0 Å². The van der Waals surface area contributed by atoms with Crippen LogP contribution >= 0.6 is 0 Å². The van der Waals surface area contributed by atoms with Gasteiger partial charge in [-0.15, -0.1) is 0 Å². The molecule has 68 valence electrons. The fourth-order valence-electron chi connectivity index (χ4n) is 3.57. The molecule has 0 aromatic heterocycles. The van der Waals surface area contributed by atoms with Crippen LogP contribution in [0, 0.1) is 16.7 Å². The van der Waals surface area contributed by atoms with Crippen molar-refractivity contribution in [2.75, 3.05) is 0 Å². The van der Waals surface area contributed by atoms with Crippen LogP contribution in [0.4, 0.5) is 0 Å². The molecule has 2 heteroatoms. The Hall–Kier alpha value is -0.370. The van der Waals surface area contributed by atoms with Crippen LogP contribution in [0.2, 0.25) is 0 Å². The molecule has 2 saturated carbocycles. The first-order valence-electron chi connectivity index (χ1n) is 4.57. The maximum absolute atomic E-state index is 11.0. The highest BCUT2D eigenvalue weighted by atomic mass is 16.3. The van der Waals surface area contributed by atoms with Gasteiger partial charge in [-0.3, -0.25) is 0 Å². The van der Waals surface area contributed by atoms with E-state index >= 15 is 0 Å². The minimum absolute atomic E-state index is 0.0243. The zero-order chi connectivity index (χ0) is 9.20. The summed E-state index contributed by atoms with van der Waals surface area (Å²) in [5.74, 6) is 0.190. The van der Waals surface area contributed by atoms with Gasteiger partial charge in [-0.05, 0) is 25.2 Å². The van der Waals surface area contributed by atoms with Gasteiger partial charge in [-0.2, -0.15) is 0 Å². The van der Waals surface area contributed by atoms with Gasteiger partial charge < -0.3 is 9.90 Å². The van der Waals surface area contributed by atoms with Crippen molar-refractivity contribution in [3.63, 3.8) is 0 Å². The van der Waals surface area contributed by atoms with Crippen molar-refractivity contribution in [3.05, 3.63) is 0 Å². The van der Waals surface area contributed by atoms with Crippen molar-refractivity contribution < 1.29 is 9.90 Å². The highest BCUT2D eigenvalue weighted by Gasteiger charge is 2.79. The standard InChI is InChI=1S/C10H16O2/c1-8(2)7-9(3,12)4-5-10(7,8)6-11/h6-7,12H,4-5H2,1-3H3/t7?,9-,10-/m1/s1. The maximum atomic E-state index is 11.0. The molecule has 0 spiro atoms. The highest BCUT2D eigenvalue weighted by Crippen LogP contribution is 2.78. The first-order valence-corrected chi connectivity index (χ1v) is 4.57. The third-order valence-corrected chi connectivity index (χ3v) is 4.23. The number of fused-ring (bicyclic) bond motifs is 1. The van der Waals surface area contributed by atoms with Crippen LogP contribution in [-0.2, 0) is 4.79 Å². The van der Waals surface area contributed by atoms with Crippen LogP contribution in [0.1, 0.15) is 33.6 Å². The molecule has 2 aliphatic carbocycles. The van der Waals surface area contributed by atoms with Crippen molar-refractivity contribution in [2.24, 2.45) is 16.7 Å². The van der Waals surface area contributed by atoms with E-state index in [1.807, 2.05) is 6.92 Å². The zero-order valence-electron chi connectivity index (χ0n) is 7.92. The summed E-state index contributed by atoms with van der Waals surface area (Å²) in [6.45, 7) is 6.02. The Balaban J connectivity index is 2.38. The molecule has 2 nitrogen and oxygen atoms in total. The Morgan fingerprint density at radius 1 is 1.33 bits per heavy atom. The Morgan fingerprint density at radius 2 is 1.92 bits per heavy atom. The minimum atomic E-state index is -0.607. The fourth-order valence-corrected chi connectivity index (χ4v) is 3.57. The molecule has 12 heavy (non-hydrogen) atoms. The molecule has 0 bridgehead atoms. The van der Waals surface area contributed by atoms with Crippen molar-refractivity contribution in [2.45, 2.75) is 39.2 Å². The van der Waals surface area contributed by atoms with E-state index in [1.54, 1.807) is 0 Å². The molecular weight excluding hydrogens is 152 g/mol. The molecule has 2 fully saturated rings. The smallest absolute Gasteiger partial charge is 0.127 e. The summed E-state index contributed by atoms with van der Waals surface area (Å²) in [5, 5.41) is 9.98. The summed E-state index contributed by atoms with van der Waals surface area (Å²) < 4.78 is 0. The number of rotatable bonds is 1. The molecule has 2 aliphatic rings. The predicted molar refractivity (Wildman–Crippen MR) is 45.6 cm³/mol. The molecule has 0 saturated heterocycles. The molecule has 0 aliphatic heterocycles. The monoisotopic (exact) mass is 168 g/mol. The lowest BCUT2D eigenvalue weighted by Gasteiger charge is -2.22. The van der Waals surface area contributed by atoms with E-state index in [0.29, 0.717) is 0 Å². The molecular formula is C10H16O2. The Labute approximate surface area is 73.0 Å². The molecule has 0 amide bonds. The number of carbonyl (C=O) groups excluding carboxylic acids is 1. The molecule has 3 atom stereocenters. The normalized spacial score (nSPS) is 54.8. The van der Waals surface area contributed by atoms with E-state index in [2.05, 4.69) is 13.8 Å². The quantitative estimate of drug-likeness (QED) is 0.600. The van der Waals surface area contributed by atoms with Gasteiger partial charge in [0, 0.05) is 11.3 Å². The molecule has 0 heterocycles. The van der Waals surface area contributed by atoms with E-state index in [0.717, 1.165) is 19.1 Å². The molecule has 1 unspecified atom stereocenters. The van der Waals surface area contributed by atoms with E-state index in [-0.39, 0.29) is 16.7 Å². The summed E-state index contributed by atoms with van der Waals surface area (Å²) in [4.78, 5) is 11.0. The largest absolute Gasteiger partial charge is 0.390 e. The van der Waals surface area contributed by atoms with Crippen LogP contribution in [0.5, 0.6) is 0 Å². The van der Waals surface area contributed by atoms with Crippen LogP contribution in [-0.4, -0.2) is 17.0 Å². The van der Waals surface area contributed by atoms with Gasteiger partial charge in [0.15, 0.2) is 0 Å². The van der Waals surface area contributed by atoms with Gasteiger partial charge >= 0.3 is 0 Å². The van der Waals surface area contributed by atoms with Crippen molar-refractivity contribution in [1.82, 2.24) is 0 Å². The van der Waals surface area contributed by atoms with Crippen molar-refractivity contribution >= 4 is 6.29 Å². The molecule has 0 aromatic carbocycles. The first kappa shape index (κ1) is 8.24. The van der Waals surface area contributed by atoms with Gasteiger partial charge in [-0.25, -0.2) is 0 Å². The van der Waals surface area contributed by atoms with Crippen LogP contribution in [0.25, 0.3) is 0 Å². The number of hydrogen-bond acceptors (Lipinski definition) is 2. The maximum Gasteiger partial charge on any atom is 0.127 e. The lowest BCUT2D eigenvalue weighted by atomic mass is 9.88. The van der Waals surface area contributed by atoms with Gasteiger partial charge in [-0.1, -0.05) is 13.8 Å². The number of aliphatic hydroxyl groups is 1. The predicted octanol–water partition coefficient (Wildman–Crippen LogP) is 1.37. The van der Waals surface area contributed by atoms with Crippen molar-refractivity contribution in [3.8, 4) is 0 Å². The SMILES string of the molecule is CC1(C)C2[C@]1(C=O)CC[C@@]2(C)O. The van der Waals surface area contributed by atoms with Gasteiger partial charge in [0.1, 0.15) is 6.29 Å². The molecule has 2 rings (SSSR count). The van der Waals surface area contributed by atoms with Gasteiger partial charge in [0.2, 0.25) is 0 Å². The summed E-state index contributed by atoms with van der Waals surface area (Å²) in [7, 11) is 0. The molecule has 1 N–H and O–H groups in total. The zero-order valence-corrected chi connectivity index (χ0v) is 7.92. The lowest BCUT2D eigenvalue weighted by Crippen LogP contribution is -2.26. The lowest BCUT2D eigenvalue weighted by molar-refractivity contribution is -0.113. The third-order valence-electron chi connectivity index (χ3n) is 4.23. The Bertz CT molecular complexity index is 242. The summed E-state index contributed by atoms with van der Waals surface area (Å²) >= 11 is 0. The minimum Gasteiger partial charge on any atom is -0.390 e. The average Bonchev–Trinajstić information content (AvgIpc) is 2.26. The highest BCUT2D eigenvalue weighted by molar-refractivity contribution is 5.70. The van der Waals surface area contributed by atoms with E-state index < -0.39 is 5.60 Å². The Morgan fingerprint density at radius 3 is 2.17 bits per heavy atom. The first-order chi connectivity index (χ1) is 5.38. The molecule has 0 aromatic rings. The van der Waals surface area contributed by atoms with E-state index in [1.165, 1.54) is 0 Å². The van der Waals surface area contributed by atoms with Crippen LogP contribution < -0.4 is 0 Å². The van der Waals surface area contributed by atoms with E-state index in [9.17, 15) is 9.90 Å². The summed E-state index contributed by atoms with van der Waals surface area (Å²) in [6, 6.07) is 0. The summed E-state index contributed by atoms with van der Waals surface area (Å²) in [5.41, 5.74) is -0.780. The number of hydrogen-bond donors (Lipinski definition) is 1. The molecule has 0 radical (unpaired) electrons. The van der Waals surface area contributed by atoms with Crippen LogP contribution in [0.15, 0.2) is 0 Å². The second-order valence-electron chi connectivity index (χ2n) is 5.17. The van der Waals surface area contributed by atoms with Crippen LogP contribution in [0.3, 0.4) is 0 Å². The Kier molecular flexibility index (Phi) is 1.21. The number of aldehydes is 1. The summed E-state index contributed by atoms with van der Waals surface area (Å²) in [6.07, 6.45) is 2.71. The fraction of sp³-hybridized carbons (Fsp3) is 0.900. The average molecular weight is 168 g/mol. The number of carbonyl (C=O) groups is 1. The second-order valence-corrected chi connectivity index (χ2v) is 5.17. The topological polar surface area (TPSA) is 37.3 Å². The van der Waals surface area contributed by atoms with Crippen molar-refractivity contribution in [1.29, 1.82) is 0 Å². The second kappa shape index (κ2) is 1.77. The van der Waals surface area contributed by atoms with E-state index in [4.69, 9.17) is 0 Å².